The van der Waals surface area contributed by atoms with Crippen LogP contribution in [0.5, 0.6) is 23.0 Å². The van der Waals surface area contributed by atoms with Crippen molar-refractivity contribution >= 4 is 17.5 Å². The summed E-state index contributed by atoms with van der Waals surface area (Å²) in [5.74, 6) is 1.11. The van der Waals surface area contributed by atoms with Crippen LogP contribution in [0.4, 0.5) is 5.69 Å². The van der Waals surface area contributed by atoms with Gasteiger partial charge in [0.1, 0.15) is 12.3 Å². The van der Waals surface area contributed by atoms with Crippen molar-refractivity contribution in [2.24, 2.45) is 0 Å². The molecule has 8 heteroatoms. The van der Waals surface area contributed by atoms with E-state index in [9.17, 15) is 9.59 Å². The summed E-state index contributed by atoms with van der Waals surface area (Å²) >= 11 is 0. The van der Waals surface area contributed by atoms with E-state index >= 15 is 0 Å². The van der Waals surface area contributed by atoms with Gasteiger partial charge in [-0.25, -0.2) is 0 Å². The summed E-state index contributed by atoms with van der Waals surface area (Å²) in [6, 6.07) is 10.1. The van der Waals surface area contributed by atoms with Crippen molar-refractivity contribution in [3.63, 3.8) is 0 Å². The predicted octanol–water partition coefficient (Wildman–Crippen LogP) is 2.82. The monoisotopic (exact) mass is 402 g/mol. The summed E-state index contributed by atoms with van der Waals surface area (Å²) in [5.41, 5.74) is 0.918. The van der Waals surface area contributed by atoms with Crippen LogP contribution in [0.25, 0.3) is 0 Å². The smallest absolute Gasteiger partial charge is 0.254 e. The SMILES string of the molecule is CCN(CC(=O)Nc1cccc(OC)c1)C(=O)c1cc(OC)c(OC)c(OC)c1. The highest BCUT2D eigenvalue weighted by Crippen LogP contribution is 2.38. The molecule has 2 aromatic rings. The maximum atomic E-state index is 13.0. The maximum absolute atomic E-state index is 13.0. The molecule has 156 valence electrons. The van der Waals surface area contributed by atoms with E-state index in [-0.39, 0.29) is 18.4 Å². The Morgan fingerprint density at radius 2 is 1.59 bits per heavy atom. The van der Waals surface area contributed by atoms with E-state index < -0.39 is 0 Å². The van der Waals surface area contributed by atoms with Crippen LogP contribution in [0.3, 0.4) is 0 Å². The van der Waals surface area contributed by atoms with Crippen LogP contribution in [-0.4, -0.2) is 58.2 Å². The lowest BCUT2D eigenvalue weighted by atomic mass is 10.1. The number of nitrogens with zero attached hydrogens (tertiary/aromatic N) is 1. The normalized spacial score (nSPS) is 10.1. The summed E-state index contributed by atoms with van der Waals surface area (Å²) in [6.07, 6.45) is 0. The van der Waals surface area contributed by atoms with E-state index in [1.54, 1.807) is 50.4 Å². The molecule has 0 spiro atoms. The van der Waals surface area contributed by atoms with Crippen LogP contribution in [-0.2, 0) is 4.79 Å². The van der Waals surface area contributed by atoms with Crippen molar-refractivity contribution < 1.29 is 28.5 Å². The van der Waals surface area contributed by atoms with E-state index in [1.807, 2.05) is 0 Å². The topological polar surface area (TPSA) is 86.3 Å². The Bertz CT molecular complexity index is 843. The Morgan fingerprint density at radius 1 is 0.931 bits per heavy atom. The van der Waals surface area contributed by atoms with Gasteiger partial charge in [-0.05, 0) is 31.2 Å². The number of nitrogens with one attached hydrogen (secondary N) is 1. The zero-order chi connectivity index (χ0) is 21.4. The molecule has 1 N–H and O–H groups in total. The molecule has 0 saturated carbocycles. The first-order valence-corrected chi connectivity index (χ1v) is 9.00. The number of likely N-dealkylation sites (N-methyl/N-ethyl adjacent to an activating group) is 1. The average Bonchev–Trinajstić information content (AvgIpc) is 2.75. The standard InChI is InChI=1S/C21H26N2O6/c1-6-23(13-19(24)22-15-8-7-9-16(12-15)26-2)21(25)14-10-17(27-3)20(29-5)18(11-14)28-4/h7-12H,6,13H2,1-5H3,(H,22,24). The average molecular weight is 402 g/mol. The number of carbonyl (C=O) groups is 2. The molecule has 0 aromatic heterocycles. The molecule has 2 aromatic carbocycles. The fourth-order valence-corrected chi connectivity index (χ4v) is 2.79. The van der Waals surface area contributed by atoms with Crippen LogP contribution < -0.4 is 24.3 Å². The Hall–Kier alpha value is -3.42. The van der Waals surface area contributed by atoms with E-state index in [0.29, 0.717) is 40.8 Å². The van der Waals surface area contributed by atoms with Gasteiger partial charge >= 0.3 is 0 Å². The van der Waals surface area contributed by atoms with Gasteiger partial charge in [-0.1, -0.05) is 6.07 Å². The molecule has 0 aliphatic heterocycles. The third-order valence-corrected chi connectivity index (χ3v) is 4.27. The Kier molecular flexibility index (Phi) is 7.70. The maximum Gasteiger partial charge on any atom is 0.254 e. The Labute approximate surface area is 170 Å². The molecule has 0 radical (unpaired) electrons. The highest BCUT2D eigenvalue weighted by molar-refractivity contribution is 6.00. The van der Waals surface area contributed by atoms with Crippen molar-refractivity contribution in [2.75, 3.05) is 46.8 Å². The summed E-state index contributed by atoms with van der Waals surface area (Å²) in [4.78, 5) is 26.8. The highest BCUT2D eigenvalue weighted by Gasteiger charge is 2.22. The van der Waals surface area contributed by atoms with E-state index in [2.05, 4.69) is 5.32 Å². The molecule has 0 saturated heterocycles. The van der Waals surface area contributed by atoms with E-state index in [4.69, 9.17) is 18.9 Å². The number of carbonyl (C=O) groups excluding carboxylic acids is 2. The van der Waals surface area contributed by atoms with E-state index in [0.717, 1.165) is 0 Å². The van der Waals surface area contributed by atoms with Crippen molar-refractivity contribution in [3.05, 3.63) is 42.0 Å². The molecule has 0 heterocycles. The van der Waals surface area contributed by atoms with Crippen LogP contribution in [0, 0.1) is 0 Å². The van der Waals surface area contributed by atoms with Gasteiger partial charge in [0.25, 0.3) is 5.91 Å². The van der Waals surface area contributed by atoms with Crippen LogP contribution in [0.2, 0.25) is 0 Å². The number of ether oxygens (including phenoxy) is 4. The van der Waals surface area contributed by atoms with Gasteiger partial charge in [0.2, 0.25) is 11.7 Å². The molecular weight excluding hydrogens is 376 g/mol. The van der Waals surface area contributed by atoms with Crippen molar-refractivity contribution in [3.8, 4) is 23.0 Å². The van der Waals surface area contributed by atoms with E-state index in [1.165, 1.54) is 26.2 Å². The van der Waals surface area contributed by atoms with Gasteiger partial charge < -0.3 is 29.2 Å². The molecule has 0 unspecified atom stereocenters. The number of hydrogen-bond donors (Lipinski definition) is 1. The lowest BCUT2D eigenvalue weighted by Crippen LogP contribution is -2.37. The van der Waals surface area contributed by atoms with Crippen molar-refractivity contribution in [1.82, 2.24) is 4.90 Å². The first-order chi connectivity index (χ1) is 14.0. The van der Waals surface area contributed by atoms with Crippen LogP contribution in [0.15, 0.2) is 36.4 Å². The molecule has 0 bridgehead atoms. The molecule has 0 aliphatic carbocycles. The Morgan fingerprint density at radius 3 is 2.10 bits per heavy atom. The molecule has 0 aliphatic rings. The summed E-state index contributed by atoms with van der Waals surface area (Å²) in [6.45, 7) is 2.04. The number of rotatable bonds is 9. The minimum atomic E-state index is -0.326. The third kappa shape index (κ3) is 5.31. The van der Waals surface area contributed by atoms with Gasteiger partial charge in [-0.3, -0.25) is 9.59 Å². The Balaban J connectivity index is 2.18. The zero-order valence-corrected chi connectivity index (χ0v) is 17.3. The minimum absolute atomic E-state index is 0.108. The third-order valence-electron chi connectivity index (χ3n) is 4.27. The molecule has 8 nitrogen and oxygen atoms in total. The molecule has 2 amide bonds. The number of methoxy groups -OCH3 is 4. The second kappa shape index (κ2) is 10.2. The van der Waals surface area contributed by atoms with Crippen LogP contribution >= 0.6 is 0 Å². The largest absolute Gasteiger partial charge is 0.497 e. The highest BCUT2D eigenvalue weighted by atomic mass is 16.5. The summed E-state index contributed by atoms with van der Waals surface area (Å²) in [5, 5.41) is 2.77. The summed E-state index contributed by atoms with van der Waals surface area (Å²) < 4.78 is 21.0. The summed E-state index contributed by atoms with van der Waals surface area (Å²) in [7, 11) is 5.99. The number of amides is 2. The lowest BCUT2D eigenvalue weighted by Gasteiger charge is -2.22. The number of benzene rings is 2. The van der Waals surface area contributed by atoms with Gasteiger partial charge in [0.05, 0.1) is 28.4 Å². The molecule has 0 fully saturated rings. The van der Waals surface area contributed by atoms with Gasteiger partial charge in [-0.2, -0.15) is 0 Å². The number of hydrogen-bond acceptors (Lipinski definition) is 6. The molecule has 29 heavy (non-hydrogen) atoms. The minimum Gasteiger partial charge on any atom is -0.497 e. The predicted molar refractivity (Wildman–Crippen MR) is 109 cm³/mol. The van der Waals surface area contributed by atoms with Gasteiger partial charge in [0, 0.05) is 23.9 Å². The lowest BCUT2D eigenvalue weighted by molar-refractivity contribution is -0.116. The second-order valence-corrected chi connectivity index (χ2v) is 6.01. The fourth-order valence-electron chi connectivity index (χ4n) is 2.79. The van der Waals surface area contributed by atoms with Crippen molar-refractivity contribution in [2.45, 2.75) is 6.92 Å². The van der Waals surface area contributed by atoms with Crippen LogP contribution in [0.1, 0.15) is 17.3 Å². The van der Waals surface area contributed by atoms with Crippen molar-refractivity contribution in [1.29, 1.82) is 0 Å². The second-order valence-electron chi connectivity index (χ2n) is 6.01. The van der Waals surface area contributed by atoms with Gasteiger partial charge in [0.15, 0.2) is 11.5 Å². The first-order valence-electron chi connectivity index (χ1n) is 9.00. The fraction of sp³-hybridized carbons (Fsp3) is 0.333. The zero-order valence-electron chi connectivity index (χ0n) is 17.3. The van der Waals surface area contributed by atoms with Gasteiger partial charge in [-0.15, -0.1) is 0 Å². The number of anilines is 1. The molecule has 2 rings (SSSR count). The molecule has 0 atom stereocenters. The quantitative estimate of drug-likeness (QED) is 0.694. The molecular formula is C21H26N2O6. The first kappa shape index (κ1) is 21.9.